The van der Waals surface area contributed by atoms with Crippen LogP contribution in [0.3, 0.4) is 0 Å². The zero-order valence-corrected chi connectivity index (χ0v) is 15.3. The fourth-order valence-corrected chi connectivity index (χ4v) is 3.29. The Balaban J connectivity index is 1.70. The quantitative estimate of drug-likeness (QED) is 0.719. The molecular formula is C21H21N3O3. The molecule has 1 saturated heterocycles. The standard InChI is InChI=1S/C21H21N3O3/c1-13-8-9-17-16(10-13)20(24-19(23-17)14-6-4-3-5-7-14)27-15-11-18(22-12-15)21(25)26-2/h3-10,15,18,22H,11-12H2,1-2H3. The van der Waals surface area contributed by atoms with Crippen LogP contribution < -0.4 is 10.1 Å². The van der Waals surface area contributed by atoms with Crippen molar-refractivity contribution in [3.8, 4) is 17.3 Å². The number of hydrogen-bond donors (Lipinski definition) is 1. The van der Waals surface area contributed by atoms with Crippen LogP contribution in [0.1, 0.15) is 12.0 Å². The molecule has 0 saturated carbocycles. The van der Waals surface area contributed by atoms with Crippen LogP contribution in [0.4, 0.5) is 0 Å². The lowest BCUT2D eigenvalue weighted by Crippen LogP contribution is -2.31. The number of carbonyl (C=O) groups is 1. The second-order valence-corrected chi connectivity index (χ2v) is 6.70. The fourth-order valence-electron chi connectivity index (χ4n) is 3.29. The highest BCUT2D eigenvalue weighted by molar-refractivity contribution is 5.86. The van der Waals surface area contributed by atoms with Gasteiger partial charge in [0.25, 0.3) is 0 Å². The van der Waals surface area contributed by atoms with Crippen molar-refractivity contribution in [3.63, 3.8) is 0 Å². The molecule has 27 heavy (non-hydrogen) atoms. The summed E-state index contributed by atoms with van der Waals surface area (Å²) in [4.78, 5) is 21.1. The third kappa shape index (κ3) is 3.61. The van der Waals surface area contributed by atoms with Gasteiger partial charge in [-0.15, -0.1) is 0 Å². The maximum Gasteiger partial charge on any atom is 0.323 e. The molecule has 6 heteroatoms. The van der Waals surface area contributed by atoms with Gasteiger partial charge < -0.3 is 14.8 Å². The number of benzene rings is 2. The molecule has 2 unspecified atom stereocenters. The van der Waals surface area contributed by atoms with Gasteiger partial charge in [-0.2, -0.15) is 4.98 Å². The minimum absolute atomic E-state index is 0.156. The van der Waals surface area contributed by atoms with E-state index in [4.69, 9.17) is 14.5 Å². The average molecular weight is 363 g/mol. The van der Waals surface area contributed by atoms with Crippen LogP contribution in [0.15, 0.2) is 48.5 Å². The summed E-state index contributed by atoms with van der Waals surface area (Å²) in [6.07, 6.45) is 0.390. The summed E-state index contributed by atoms with van der Waals surface area (Å²) in [5.74, 6) is 0.895. The zero-order chi connectivity index (χ0) is 18.8. The Morgan fingerprint density at radius 2 is 1.96 bits per heavy atom. The highest BCUT2D eigenvalue weighted by Gasteiger charge is 2.32. The molecule has 4 rings (SSSR count). The minimum atomic E-state index is -0.344. The maximum absolute atomic E-state index is 11.7. The van der Waals surface area contributed by atoms with Gasteiger partial charge >= 0.3 is 5.97 Å². The molecule has 2 aromatic carbocycles. The zero-order valence-electron chi connectivity index (χ0n) is 15.3. The lowest BCUT2D eigenvalue weighted by Gasteiger charge is -2.15. The van der Waals surface area contributed by atoms with Crippen molar-refractivity contribution in [3.05, 3.63) is 54.1 Å². The Kier molecular flexibility index (Phi) is 4.73. The van der Waals surface area contributed by atoms with Crippen molar-refractivity contribution in [2.24, 2.45) is 0 Å². The number of rotatable bonds is 4. The number of fused-ring (bicyclic) bond motifs is 1. The second kappa shape index (κ2) is 7.32. The van der Waals surface area contributed by atoms with E-state index in [1.54, 1.807) is 0 Å². The number of esters is 1. The molecule has 1 aliphatic rings. The summed E-state index contributed by atoms with van der Waals surface area (Å²) in [5, 5.41) is 4.01. The molecule has 6 nitrogen and oxygen atoms in total. The van der Waals surface area contributed by atoms with Crippen molar-refractivity contribution >= 4 is 16.9 Å². The predicted octanol–water partition coefficient (Wildman–Crippen LogP) is 2.89. The van der Waals surface area contributed by atoms with Crippen molar-refractivity contribution in [2.75, 3.05) is 13.7 Å². The molecule has 0 bridgehead atoms. The molecule has 1 fully saturated rings. The van der Waals surface area contributed by atoms with Crippen molar-refractivity contribution in [1.29, 1.82) is 0 Å². The normalized spacial score (nSPS) is 19.2. The first kappa shape index (κ1) is 17.4. The molecule has 1 aromatic heterocycles. The molecule has 3 aromatic rings. The molecular weight excluding hydrogens is 342 g/mol. The molecule has 0 spiro atoms. The summed E-state index contributed by atoms with van der Waals surface area (Å²) in [7, 11) is 1.39. The van der Waals surface area contributed by atoms with Crippen LogP contribution in [0, 0.1) is 6.92 Å². The van der Waals surface area contributed by atoms with E-state index in [1.807, 2.05) is 55.5 Å². The van der Waals surface area contributed by atoms with Gasteiger partial charge in [0.05, 0.1) is 18.0 Å². The number of ether oxygens (including phenoxy) is 2. The van der Waals surface area contributed by atoms with Crippen molar-refractivity contribution in [1.82, 2.24) is 15.3 Å². The molecule has 0 amide bonds. The van der Waals surface area contributed by atoms with Gasteiger partial charge in [0.15, 0.2) is 5.82 Å². The summed E-state index contributed by atoms with van der Waals surface area (Å²) in [6, 6.07) is 15.5. The highest BCUT2D eigenvalue weighted by Crippen LogP contribution is 2.29. The number of aromatic nitrogens is 2. The fraction of sp³-hybridized carbons (Fsp3) is 0.286. The first-order valence-electron chi connectivity index (χ1n) is 8.96. The number of methoxy groups -OCH3 is 1. The number of aryl methyl sites for hydroxylation is 1. The summed E-state index contributed by atoms with van der Waals surface area (Å²) in [5.41, 5.74) is 2.88. The van der Waals surface area contributed by atoms with E-state index in [0.717, 1.165) is 22.0 Å². The molecule has 2 heterocycles. The van der Waals surface area contributed by atoms with Crippen LogP contribution in [-0.4, -0.2) is 41.7 Å². The third-order valence-corrected chi connectivity index (χ3v) is 4.70. The number of nitrogens with one attached hydrogen (secondary N) is 1. The van der Waals surface area contributed by atoms with Crippen LogP contribution in [0.25, 0.3) is 22.3 Å². The van der Waals surface area contributed by atoms with Gasteiger partial charge in [-0.05, 0) is 19.1 Å². The Labute approximate surface area is 157 Å². The van der Waals surface area contributed by atoms with E-state index in [2.05, 4.69) is 10.3 Å². The van der Waals surface area contributed by atoms with Gasteiger partial charge in [0, 0.05) is 18.5 Å². The monoisotopic (exact) mass is 363 g/mol. The van der Waals surface area contributed by atoms with Gasteiger partial charge in [-0.3, -0.25) is 4.79 Å². The van der Waals surface area contributed by atoms with Gasteiger partial charge in [-0.1, -0.05) is 42.0 Å². The minimum Gasteiger partial charge on any atom is -0.472 e. The van der Waals surface area contributed by atoms with Crippen molar-refractivity contribution < 1.29 is 14.3 Å². The number of carbonyl (C=O) groups excluding carboxylic acids is 1. The van der Waals surface area contributed by atoms with E-state index in [0.29, 0.717) is 24.7 Å². The lowest BCUT2D eigenvalue weighted by molar-refractivity contribution is -0.142. The maximum atomic E-state index is 11.7. The van der Waals surface area contributed by atoms with Crippen LogP contribution in [-0.2, 0) is 9.53 Å². The molecule has 0 aliphatic carbocycles. The highest BCUT2D eigenvalue weighted by atomic mass is 16.5. The summed E-state index contributed by atoms with van der Waals surface area (Å²) >= 11 is 0. The van der Waals surface area contributed by atoms with Crippen LogP contribution in [0.5, 0.6) is 5.88 Å². The van der Waals surface area contributed by atoms with E-state index in [9.17, 15) is 4.79 Å². The Bertz CT molecular complexity index is 975. The summed E-state index contributed by atoms with van der Waals surface area (Å²) in [6.45, 7) is 2.59. The second-order valence-electron chi connectivity index (χ2n) is 6.70. The molecule has 138 valence electrons. The number of hydrogen-bond acceptors (Lipinski definition) is 6. The first-order chi connectivity index (χ1) is 13.1. The van der Waals surface area contributed by atoms with Gasteiger partial charge in [0.1, 0.15) is 12.1 Å². The van der Waals surface area contributed by atoms with Crippen LogP contribution in [0.2, 0.25) is 0 Å². The van der Waals surface area contributed by atoms with Gasteiger partial charge in [0.2, 0.25) is 5.88 Å². The third-order valence-electron chi connectivity index (χ3n) is 4.70. The lowest BCUT2D eigenvalue weighted by atomic mass is 10.1. The Hall–Kier alpha value is -2.99. The molecule has 2 atom stereocenters. The molecule has 1 N–H and O–H groups in total. The topological polar surface area (TPSA) is 73.3 Å². The van der Waals surface area contributed by atoms with E-state index >= 15 is 0 Å². The molecule has 0 radical (unpaired) electrons. The van der Waals surface area contributed by atoms with Crippen LogP contribution >= 0.6 is 0 Å². The average Bonchev–Trinajstić information content (AvgIpc) is 3.17. The summed E-state index contributed by atoms with van der Waals surface area (Å²) < 4.78 is 11.0. The van der Waals surface area contributed by atoms with E-state index < -0.39 is 0 Å². The Morgan fingerprint density at radius 1 is 1.15 bits per heavy atom. The van der Waals surface area contributed by atoms with E-state index in [-0.39, 0.29) is 18.1 Å². The Morgan fingerprint density at radius 3 is 2.74 bits per heavy atom. The molecule has 1 aliphatic heterocycles. The largest absolute Gasteiger partial charge is 0.472 e. The van der Waals surface area contributed by atoms with Crippen molar-refractivity contribution in [2.45, 2.75) is 25.5 Å². The van der Waals surface area contributed by atoms with E-state index in [1.165, 1.54) is 7.11 Å². The predicted molar refractivity (Wildman–Crippen MR) is 103 cm³/mol. The number of nitrogens with zero attached hydrogens (tertiary/aromatic N) is 2. The SMILES string of the molecule is COC(=O)C1CC(Oc2nc(-c3ccccc3)nc3ccc(C)cc23)CN1. The smallest absolute Gasteiger partial charge is 0.323 e. The first-order valence-corrected chi connectivity index (χ1v) is 8.96. The van der Waals surface area contributed by atoms with Gasteiger partial charge in [-0.25, -0.2) is 4.98 Å².